The number of rotatable bonds is 4. The largest absolute Gasteiger partial charge is 0.480 e. The maximum absolute atomic E-state index is 11.1. The summed E-state index contributed by atoms with van der Waals surface area (Å²) >= 11 is 0. The van der Waals surface area contributed by atoms with E-state index < -0.39 is 12.0 Å². The lowest BCUT2D eigenvalue weighted by Gasteiger charge is -2.16. The molecule has 1 spiro atoms. The highest BCUT2D eigenvalue weighted by atomic mass is 16.7. The van der Waals surface area contributed by atoms with Crippen molar-refractivity contribution in [1.29, 1.82) is 0 Å². The lowest BCUT2D eigenvalue weighted by atomic mass is 10.1. The minimum absolute atomic E-state index is 0.0308. The number of hydrogen-bond donors (Lipinski definition) is 2. The van der Waals surface area contributed by atoms with Crippen molar-refractivity contribution >= 4 is 5.97 Å². The van der Waals surface area contributed by atoms with Crippen LogP contribution in [0.1, 0.15) is 12.0 Å². The molecule has 0 aromatic heterocycles. The highest BCUT2D eigenvalue weighted by Gasteiger charge is 2.82. The first-order chi connectivity index (χ1) is 9.23. The van der Waals surface area contributed by atoms with Crippen molar-refractivity contribution in [3.8, 4) is 0 Å². The molecule has 2 N–H and O–H groups in total. The van der Waals surface area contributed by atoms with Crippen LogP contribution in [0, 0.1) is 5.92 Å². The second-order valence-electron chi connectivity index (χ2n) is 5.63. The zero-order valence-electron chi connectivity index (χ0n) is 10.5. The van der Waals surface area contributed by atoms with Gasteiger partial charge in [0.05, 0.1) is 18.2 Å². The van der Waals surface area contributed by atoms with E-state index in [9.17, 15) is 4.79 Å². The number of hydroxylamine groups is 2. The van der Waals surface area contributed by atoms with Gasteiger partial charge >= 0.3 is 5.97 Å². The molecule has 5 nitrogen and oxygen atoms in total. The molecule has 2 saturated heterocycles. The van der Waals surface area contributed by atoms with Gasteiger partial charge in [-0.3, -0.25) is 9.63 Å². The average Bonchev–Trinajstić information content (AvgIpc) is 3.28. The van der Waals surface area contributed by atoms with E-state index in [1.807, 2.05) is 35.4 Å². The number of nitrogens with zero attached hydrogens (tertiary/aromatic N) is 1. The van der Waals surface area contributed by atoms with Gasteiger partial charge in [-0.25, -0.2) is 0 Å². The highest BCUT2D eigenvalue weighted by molar-refractivity contribution is 5.76. The lowest BCUT2D eigenvalue weighted by molar-refractivity contribution is -0.140. The molecule has 0 bridgehead atoms. The summed E-state index contributed by atoms with van der Waals surface area (Å²) in [6.45, 7) is 1.27. The van der Waals surface area contributed by atoms with Gasteiger partial charge in [0.2, 0.25) is 0 Å². The van der Waals surface area contributed by atoms with Crippen LogP contribution in [0.5, 0.6) is 0 Å². The Morgan fingerprint density at radius 3 is 3.00 bits per heavy atom. The quantitative estimate of drug-likeness (QED) is 0.777. The fourth-order valence-electron chi connectivity index (χ4n) is 3.55. The molecular formula is C14H16N2O3. The summed E-state index contributed by atoms with van der Waals surface area (Å²) in [4.78, 5) is 17.0. The second kappa shape index (κ2) is 3.79. The predicted molar refractivity (Wildman–Crippen MR) is 67.1 cm³/mol. The Balaban J connectivity index is 1.40. The summed E-state index contributed by atoms with van der Waals surface area (Å²) in [5.41, 5.74) is 1.17. The molecule has 19 heavy (non-hydrogen) atoms. The van der Waals surface area contributed by atoms with Gasteiger partial charge in [-0.05, 0) is 12.0 Å². The van der Waals surface area contributed by atoms with Crippen LogP contribution in [0.4, 0.5) is 0 Å². The van der Waals surface area contributed by atoms with Gasteiger partial charge in [0.1, 0.15) is 6.04 Å². The first kappa shape index (κ1) is 11.4. The zero-order valence-corrected chi connectivity index (χ0v) is 10.5. The number of aliphatic carboxylic acids is 1. The van der Waals surface area contributed by atoms with Gasteiger partial charge in [0, 0.05) is 12.5 Å². The Morgan fingerprint density at radius 1 is 1.47 bits per heavy atom. The molecule has 4 rings (SSSR count). The van der Waals surface area contributed by atoms with Crippen molar-refractivity contribution in [1.82, 2.24) is 10.4 Å². The topological polar surface area (TPSA) is 61.6 Å². The molecule has 5 heteroatoms. The Morgan fingerprint density at radius 2 is 2.26 bits per heavy atom. The second-order valence-corrected chi connectivity index (χ2v) is 5.63. The van der Waals surface area contributed by atoms with E-state index in [0.717, 1.165) is 12.0 Å². The fourth-order valence-corrected chi connectivity index (χ4v) is 3.55. The number of benzene rings is 1. The minimum Gasteiger partial charge on any atom is -0.480 e. The first-order valence-corrected chi connectivity index (χ1v) is 6.66. The third-order valence-corrected chi connectivity index (χ3v) is 4.64. The lowest BCUT2D eigenvalue weighted by Crippen LogP contribution is -2.45. The number of hydrogen-bond acceptors (Lipinski definition) is 4. The summed E-state index contributed by atoms with van der Waals surface area (Å²) < 4.78 is 0. The molecule has 1 aromatic carbocycles. The zero-order chi connectivity index (χ0) is 13.0. The molecule has 100 valence electrons. The van der Waals surface area contributed by atoms with Crippen molar-refractivity contribution in [2.24, 2.45) is 5.92 Å². The van der Waals surface area contributed by atoms with E-state index in [1.165, 1.54) is 0 Å². The van der Waals surface area contributed by atoms with E-state index in [4.69, 9.17) is 9.94 Å². The van der Waals surface area contributed by atoms with Crippen LogP contribution in [0.3, 0.4) is 0 Å². The highest BCUT2D eigenvalue weighted by Crippen LogP contribution is 2.67. The van der Waals surface area contributed by atoms with Gasteiger partial charge in [0.25, 0.3) is 0 Å². The molecule has 2 unspecified atom stereocenters. The van der Waals surface area contributed by atoms with Crippen molar-refractivity contribution in [2.45, 2.75) is 30.7 Å². The SMILES string of the molecule is O=C(O)[C@H]1NCC2N(OCc3ccccc3)[C@@]23C[C@@H]13. The van der Waals surface area contributed by atoms with E-state index >= 15 is 0 Å². The Bertz CT molecular complexity index is 521. The molecule has 0 radical (unpaired) electrons. The third kappa shape index (κ3) is 1.55. The minimum atomic E-state index is -0.741. The van der Waals surface area contributed by atoms with Gasteiger partial charge in [-0.2, -0.15) is 5.06 Å². The summed E-state index contributed by atoms with van der Waals surface area (Å²) in [5.74, 6) is -0.533. The van der Waals surface area contributed by atoms with Crippen LogP contribution in [0.2, 0.25) is 0 Å². The van der Waals surface area contributed by atoms with Gasteiger partial charge < -0.3 is 10.4 Å². The molecule has 1 aromatic rings. The molecule has 2 heterocycles. The Kier molecular flexibility index (Phi) is 2.27. The average molecular weight is 260 g/mol. The van der Waals surface area contributed by atoms with Crippen molar-refractivity contribution in [2.75, 3.05) is 6.54 Å². The summed E-state index contributed by atoms with van der Waals surface area (Å²) in [6, 6.07) is 10.00. The van der Waals surface area contributed by atoms with Crippen LogP contribution in [0.15, 0.2) is 30.3 Å². The number of carbonyl (C=O) groups is 1. The third-order valence-electron chi connectivity index (χ3n) is 4.64. The van der Waals surface area contributed by atoms with Gasteiger partial charge in [0.15, 0.2) is 0 Å². The normalized spacial score (nSPS) is 42.1. The Hall–Kier alpha value is -1.43. The predicted octanol–water partition coefficient (Wildman–Crippen LogP) is 0.618. The number of carboxylic acid groups (broad SMARTS) is 1. The molecular weight excluding hydrogens is 244 g/mol. The number of carboxylic acids is 1. The standard InChI is InChI=1S/C14H16N2O3/c17-13(18)12-10-6-14(10)11(7-15-12)16(14)19-8-9-4-2-1-3-5-9/h1-5,10-12,15H,6-8H2,(H,17,18)/t10-,11?,12-,14+,16?/m0/s1. The summed E-state index contributed by atoms with van der Waals surface area (Å²) in [7, 11) is 0. The molecule has 5 atom stereocenters. The van der Waals surface area contributed by atoms with Gasteiger partial charge in [-0.15, -0.1) is 0 Å². The number of nitrogens with one attached hydrogen (secondary N) is 1. The van der Waals surface area contributed by atoms with Crippen molar-refractivity contribution < 1.29 is 14.7 Å². The van der Waals surface area contributed by atoms with E-state index in [2.05, 4.69) is 5.32 Å². The van der Waals surface area contributed by atoms with E-state index in [1.54, 1.807) is 0 Å². The molecule has 1 saturated carbocycles. The molecule has 2 aliphatic heterocycles. The smallest absolute Gasteiger partial charge is 0.321 e. The number of piperidine rings is 1. The molecule has 3 aliphatic rings. The Labute approximate surface area is 111 Å². The van der Waals surface area contributed by atoms with Crippen LogP contribution >= 0.6 is 0 Å². The van der Waals surface area contributed by atoms with Crippen LogP contribution in [-0.2, 0) is 16.2 Å². The van der Waals surface area contributed by atoms with Crippen molar-refractivity contribution in [3.05, 3.63) is 35.9 Å². The van der Waals surface area contributed by atoms with Crippen LogP contribution < -0.4 is 5.32 Å². The molecule has 1 aliphatic carbocycles. The van der Waals surface area contributed by atoms with Crippen LogP contribution in [-0.4, -0.2) is 40.3 Å². The van der Waals surface area contributed by atoms with Gasteiger partial charge in [-0.1, -0.05) is 30.3 Å². The summed E-state index contributed by atoms with van der Waals surface area (Å²) in [5, 5.41) is 14.3. The van der Waals surface area contributed by atoms with Crippen molar-refractivity contribution in [3.63, 3.8) is 0 Å². The van der Waals surface area contributed by atoms with Crippen LogP contribution in [0.25, 0.3) is 0 Å². The maximum Gasteiger partial charge on any atom is 0.321 e. The summed E-state index contributed by atoms with van der Waals surface area (Å²) in [6.07, 6.45) is 0.941. The first-order valence-electron chi connectivity index (χ1n) is 6.66. The van der Waals surface area contributed by atoms with E-state index in [-0.39, 0.29) is 11.5 Å². The molecule has 3 fully saturated rings. The van der Waals surface area contributed by atoms with E-state index in [0.29, 0.717) is 19.2 Å². The fraction of sp³-hybridized carbons (Fsp3) is 0.500. The monoisotopic (exact) mass is 260 g/mol. The maximum atomic E-state index is 11.1. The molecule has 0 amide bonds.